The minimum atomic E-state index is -0.636. The smallest absolute Gasteiger partial charge is 0.332 e. The van der Waals surface area contributed by atoms with E-state index in [0.717, 1.165) is 23.8 Å². The highest BCUT2D eigenvalue weighted by Crippen LogP contribution is 2.24. The highest BCUT2D eigenvalue weighted by molar-refractivity contribution is 9.10. The van der Waals surface area contributed by atoms with Crippen molar-refractivity contribution in [2.24, 2.45) is 7.05 Å². The second-order valence-corrected chi connectivity index (χ2v) is 7.78. The summed E-state index contributed by atoms with van der Waals surface area (Å²) in [5.41, 5.74) is 0.572. The molecule has 29 heavy (non-hydrogen) atoms. The Morgan fingerprint density at radius 2 is 2.00 bits per heavy atom. The Balaban J connectivity index is 1.84. The standard InChI is InChI=1S/C20H19BrN4O4/c1-23-17-16(24(19(21)22-17)10-12-6-2-3-7-12)18(28)25(20(23)29)11-15(27)13-8-4-5-9-14(13)26/h4-6,8-9,26H,2-3,7,10-11H2,1H3. The quantitative estimate of drug-likeness (QED) is 0.359. The number of aryl methyl sites for hydroxylation is 1. The molecule has 0 radical (unpaired) electrons. The maximum absolute atomic E-state index is 13.2. The third-order valence-electron chi connectivity index (χ3n) is 5.19. The summed E-state index contributed by atoms with van der Waals surface area (Å²) in [7, 11) is 1.52. The molecule has 8 nitrogen and oxygen atoms in total. The summed E-state index contributed by atoms with van der Waals surface area (Å²) < 4.78 is 4.34. The number of imidazole rings is 1. The Kier molecular flexibility index (Phi) is 4.99. The number of benzene rings is 1. The number of phenols is 1. The van der Waals surface area contributed by atoms with Crippen molar-refractivity contribution in [3.63, 3.8) is 0 Å². The number of para-hydroxylation sites is 1. The predicted molar refractivity (Wildman–Crippen MR) is 111 cm³/mol. The Morgan fingerprint density at radius 3 is 2.69 bits per heavy atom. The molecule has 1 N–H and O–H groups in total. The van der Waals surface area contributed by atoms with Gasteiger partial charge in [0.2, 0.25) is 0 Å². The van der Waals surface area contributed by atoms with Crippen molar-refractivity contribution in [3.8, 4) is 5.75 Å². The highest BCUT2D eigenvalue weighted by atomic mass is 79.9. The SMILES string of the molecule is Cn1c(=O)n(CC(=O)c2ccccc2O)c(=O)c2c1nc(Br)n2CC1=CCCC1. The minimum Gasteiger partial charge on any atom is -0.507 e. The fourth-order valence-corrected chi connectivity index (χ4v) is 4.12. The maximum Gasteiger partial charge on any atom is 0.332 e. The lowest BCUT2D eigenvalue weighted by Gasteiger charge is -2.11. The van der Waals surface area contributed by atoms with Crippen molar-refractivity contribution in [3.05, 3.63) is 67.0 Å². The van der Waals surface area contributed by atoms with Crippen LogP contribution in [0.2, 0.25) is 0 Å². The van der Waals surface area contributed by atoms with Crippen molar-refractivity contribution in [1.29, 1.82) is 0 Å². The molecule has 0 fully saturated rings. The summed E-state index contributed by atoms with van der Waals surface area (Å²) in [4.78, 5) is 42.9. The number of aromatic hydroxyl groups is 1. The molecule has 0 amide bonds. The normalized spacial score (nSPS) is 13.8. The van der Waals surface area contributed by atoms with Crippen molar-refractivity contribution >= 4 is 32.9 Å². The van der Waals surface area contributed by atoms with Crippen LogP contribution in [0.1, 0.15) is 29.6 Å². The lowest BCUT2D eigenvalue weighted by atomic mass is 10.1. The maximum atomic E-state index is 13.2. The van der Waals surface area contributed by atoms with Crippen molar-refractivity contribution in [1.82, 2.24) is 18.7 Å². The molecule has 2 heterocycles. The van der Waals surface area contributed by atoms with Crippen LogP contribution in [0.15, 0.2) is 50.2 Å². The van der Waals surface area contributed by atoms with Gasteiger partial charge in [0, 0.05) is 13.6 Å². The number of halogens is 1. The molecule has 0 atom stereocenters. The van der Waals surface area contributed by atoms with Gasteiger partial charge in [0.15, 0.2) is 21.7 Å². The van der Waals surface area contributed by atoms with Crippen molar-refractivity contribution in [2.45, 2.75) is 32.4 Å². The van der Waals surface area contributed by atoms with Gasteiger partial charge in [0.25, 0.3) is 5.56 Å². The molecule has 1 aromatic carbocycles. The molecule has 4 rings (SSSR count). The zero-order valence-corrected chi connectivity index (χ0v) is 17.3. The molecule has 150 valence electrons. The molecule has 0 spiro atoms. The van der Waals surface area contributed by atoms with E-state index in [4.69, 9.17) is 0 Å². The number of allylic oxidation sites excluding steroid dienone is 2. The number of phenolic OH excluding ortho intramolecular Hbond substituents is 1. The summed E-state index contributed by atoms with van der Waals surface area (Å²) in [5, 5.41) is 9.91. The summed E-state index contributed by atoms with van der Waals surface area (Å²) >= 11 is 3.39. The molecule has 1 aliphatic rings. The second kappa shape index (κ2) is 7.47. The monoisotopic (exact) mass is 458 g/mol. The number of ketones is 1. The zero-order valence-electron chi connectivity index (χ0n) is 15.8. The number of hydrogen-bond acceptors (Lipinski definition) is 5. The third-order valence-corrected chi connectivity index (χ3v) is 5.79. The Bertz CT molecular complexity index is 1280. The van der Waals surface area contributed by atoms with E-state index in [9.17, 15) is 19.5 Å². The average Bonchev–Trinajstić information content (AvgIpc) is 3.32. The number of nitrogens with zero attached hydrogens (tertiary/aromatic N) is 4. The van der Waals surface area contributed by atoms with Gasteiger partial charge in [-0.2, -0.15) is 0 Å². The zero-order chi connectivity index (χ0) is 20.7. The molecule has 0 saturated carbocycles. The Labute approximate surface area is 173 Å². The van der Waals surface area contributed by atoms with E-state index in [1.165, 1.54) is 29.3 Å². The summed E-state index contributed by atoms with van der Waals surface area (Å²) in [6, 6.07) is 6.05. The minimum absolute atomic E-state index is 0.0624. The van der Waals surface area contributed by atoms with Gasteiger partial charge in [-0.25, -0.2) is 9.78 Å². The van der Waals surface area contributed by atoms with Crippen molar-refractivity contribution < 1.29 is 9.90 Å². The Morgan fingerprint density at radius 1 is 1.24 bits per heavy atom. The number of Topliss-reactive ketones (excluding diaryl/α,β-unsaturated/α-hetero) is 1. The van der Waals surface area contributed by atoms with E-state index in [-0.39, 0.29) is 22.5 Å². The van der Waals surface area contributed by atoms with E-state index in [1.807, 2.05) is 0 Å². The van der Waals surface area contributed by atoms with Gasteiger partial charge in [-0.1, -0.05) is 23.8 Å². The summed E-state index contributed by atoms with van der Waals surface area (Å²) in [6.07, 6.45) is 5.20. The molecule has 0 unspecified atom stereocenters. The highest BCUT2D eigenvalue weighted by Gasteiger charge is 2.22. The first-order chi connectivity index (χ1) is 13.9. The van der Waals surface area contributed by atoms with E-state index in [2.05, 4.69) is 27.0 Å². The summed E-state index contributed by atoms with van der Waals surface area (Å²) in [5.74, 6) is -0.713. The molecule has 1 aliphatic carbocycles. The van der Waals surface area contributed by atoms with E-state index >= 15 is 0 Å². The first-order valence-corrected chi connectivity index (χ1v) is 10.0. The van der Waals surface area contributed by atoms with Gasteiger partial charge >= 0.3 is 5.69 Å². The van der Waals surface area contributed by atoms with Gasteiger partial charge in [0.1, 0.15) is 5.75 Å². The van der Waals surface area contributed by atoms with Crippen LogP contribution < -0.4 is 11.2 Å². The van der Waals surface area contributed by atoms with Gasteiger partial charge in [0.05, 0.1) is 12.1 Å². The summed E-state index contributed by atoms with van der Waals surface area (Å²) in [6.45, 7) is 0.0302. The second-order valence-electron chi connectivity index (χ2n) is 7.07. The largest absolute Gasteiger partial charge is 0.507 e. The van der Waals surface area contributed by atoms with Crippen LogP contribution in [0.3, 0.4) is 0 Å². The number of aromatic nitrogens is 4. The lowest BCUT2D eigenvalue weighted by Crippen LogP contribution is -2.41. The molecule has 0 saturated heterocycles. The van der Waals surface area contributed by atoms with E-state index < -0.39 is 23.6 Å². The van der Waals surface area contributed by atoms with Crippen LogP contribution in [-0.2, 0) is 20.1 Å². The van der Waals surface area contributed by atoms with Gasteiger partial charge in [-0.3, -0.25) is 18.7 Å². The van der Waals surface area contributed by atoms with Crippen molar-refractivity contribution in [2.75, 3.05) is 0 Å². The van der Waals surface area contributed by atoms with Crippen LogP contribution >= 0.6 is 15.9 Å². The van der Waals surface area contributed by atoms with Crippen LogP contribution in [0.25, 0.3) is 11.2 Å². The van der Waals surface area contributed by atoms with Crippen LogP contribution in [0.4, 0.5) is 0 Å². The van der Waals surface area contributed by atoms with Crippen LogP contribution in [-0.4, -0.2) is 29.6 Å². The predicted octanol–water partition coefficient (Wildman–Crippen LogP) is 2.36. The number of carbonyl (C=O) groups excluding carboxylic acids is 1. The topological polar surface area (TPSA) is 99.1 Å². The molecular weight excluding hydrogens is 440 g/mol. The number of fused-ring (bicyclic) bond motifs is 1. The molecular formula is C20H19BrN4O4. The van der Waals surface area contributed by atoms with Crippen LogP contribution in [0.5, 0.6) is 5.75 Å². The lowest BCUT2D eigenvalue weighted by molar-refractivity contribution is 0.0966. The Hall–Kier alpha value is -2.94. The van der Waals surface area contributed by atoms with Gasteiger partial charge in [-0.15, -0.1) is 0 Å². The number of rotatable bonds is 5. The first kappa shape index (κ1) is 19.4. The van der Waals surface area contributed by atoms with Gasteiger partial charge < -0.3 is 9.67 Å². The molecule has 0 bridgehead atoms. The van der Waals surface area contributed by atoms with Crippen LogP contribution in [0, 0.1) is 0 Å². The third kappa shape index (κ3) is 3.35. The fourth-order valence-electron chi connectivity index (χ4n) is 3.65. The van der Waals surface area contributed by atoms with E-state index in [0.29, 0.717) is 11.3 Å². The number of carbonyl (C=O) groups is 1. The van der Waals surface area contributed by atoms with Gasteiger partial charge in [-0.05, 0) is 47.3 Å². The van der Waals surface area contributed by atoms with E-state index in [1.54, 1.807) is 16.7 Å². The fraction of sp³-hybridized carbons (Fsp3) is 0.300. The average molecular weight is 459 g/mol. The molecule has 3 aromatic rings. The molecule has 0 aliphatic heterocycles. The molecule has 2 aromatic heterocycles. The first-order valence-electron chi connectivity index (χ1n) is 9.23. The number of hydrogen-bond donors (Lipinski definition) is 1. The molecule has 9 heteroatoms.